The van der Waals surface area contributed by atoms with Gasteiger partial charge in [0.2, 0.25) is 0 Å². The van der Waals surface area contributed by atoms with Gasteiger partial charge < -0.3 is 15.1 Å². The minimum absolute atomic E-state index is 0.0886. The third kappa shape index (κ3) is 4.05. The first-order valence-electron chi connectivity index (χ1n) is 15.0. The number of anilines is 2. The normalized spacial score (nSPS) is 14.0. The summed E-state index contributed by atoms with van der Waals surface area (Å²) in [5.74, 6) is 0. The number of benzene rings is 7. The van der Waals surface area contributed by atoms with Crippen molar-refractivity contribution >= 4 is 44.1 Å². The molecule has 0 spiro atoms. The van der Waals surface area contributed by atoms with Gasteiger partial charge in [-0.2, -0.15) is 0 Å². The van der Waals surface area contributed by atoms with Crippen LogP contribution in [0.2, 0.25) is 0 Å². The lowest BCUT2D eigenvalue weighted by atomic mass is 9.93. The minimum atomic E-state index is 0.0886. The monoisotopic (exact) mass is 564 g/mol. The van der Waals surface area contributed by atoms with Crippen LogP contribution in [0.5, 0.6) is 0 Å². The lowest BCUT2D eigenvalue weighted by Gasteiger charge is -2.12. The Morgan fingerprint density at radius 2 is 0.977 bits per heavy atom. The molecule has 208 valence electrons. The van der Waals surface area contributed by atoms with E-state index in [1.807, 2.05) is 18.2 Å². The first-order valence-corrected chi connectivity index (χ1v) is 15.0. The Morgan fingerprint density at radius 1 is 0.409 bits per heavy atom. The lowest BCUT2D eigenvalue weighted by Crippen LogP contribution is -2.11. The minimum Gasteiger partial charge on any atom is -0.455 e. The quantitative estimate of drug-likeness (QED) is 0.223. The molecule has 1 atom stereocenters. The van der Waals surface area contributed by atoms with E-state index in [0.717, 1.165) is 38.7 Å². The van der Waals surface area contributed by atoms with E-state index in [1.165, 1.54) is 44.3 Å². The van der Waals surface area contributed by atoms with Gasteiger partial charge in [-0.15, -0.1) is 0 Å². The Bertz CT molecular complexity index is 2320. The van der Waals surface area contributed by atoms with E-state index < -0.39 is 0 Å². The molecule has 44 heavy (non-hydrogen) atoms. The molecule has 1 aliphatic heterocycles. The molecule has 1 unspecified atom stereocenters. The summed E-state index contributed by atoms with van der Waals surface area (Å²) < 4.78 is 6.31. The van der Waals surface area contributed by atoms with E-state index in [9.17, 15) is 0 Å². The fourth-order valence-electron chi connectivity index (χ4n) is 6.61. The van der Waals surface area contributed by atoms with Gasteiger partial charge in [0.1, 0.15) is 17.3 Å². The van der Waals surface area contributed by atoms with E-state index in [4.69, 9.17) is 4.42 Å². The second-order valence-electron chi connectivity index (χ2n) is 11.5. The van der Waals surface area contributed by atoms with Gasteiger partial charge in [-0.3, -0.25) is 0 Å². The van der Waals surface area contributed by atoms with Crippen LogP contribution in [0.15, 0.2) is 156 Å². The van der Waals surface area contributed by atoms with Gasteiger partial charge in [-0.05, 0) is 68.6 Å². The number of hydrogen-bond donors (Lipinski definition) is 2. The molecule has 0 aliphatic carbocycles. The molecule has 0 radical (unpaired) electrons. The summed E-state index contributed by atoms with van der Waals surface area (Å²) in [7, 11) is 0. The second kappa shape index (κ2) is 9.89. The van der Waals surface area contributed by atoms with Crippen molar-refractivity contribution in [3.05, 3.63) is 157 Å². The van der Waals surface area contributed by atoms with Crippen molar-refractivity contribution in [2.24, 2.45) is 0 Å². The topological polar surface area (TPSA) is 37.2 Å². The average molecular weight is 565 g/mol. The van der Waals surface area contributed by atoms with Crippen LogP contribution in [0.25, 0.3) is 66.1 Å². The molecular weight excluding hydrogens is 536 g/mol. The third-order valence-corrected chi connectivity index (χ3v) is 8.88. The Morgan fingerprint density at radius 3 is 1.73 bits per heavy atom. The van der Waals surface area contributed by atoms with Crippen LogP contribution >= 0.6 is 0 Å². The van der Waals surface area contributed by atoms with Gasteiger partial charge >= 0.3 is 0 Å². The molecule has 8 aromatic rings. The van der Waals surface area contributed by atoms with Gasteiger partial charge in [-0.1, -0.05) is 127 Å². The van der Waals surface area contributed by atoms with E-state index in [2.05, 4.69) is 144 Å². The number of furan rings is 1. The number of para-hydroxylation sites is 1. The second-order valence-corrected chi connectivity index (χ2v) is 11.5. The van der Waals surface area contributed by atoms with Gasteiger partial charge in [-0.25, -0.2) is 0 Å². The predicted octanol–water partition coefficient (Wildman–Crippen LogP) is 11.3. The van der Waals surface area contributed by atoms with Crippen molar-refractivity contribution in [1.82, 2.24) is 0 Å². The Hall–Kier alpha value is -5.80. The molecule has 3 heteroatoms. The highest BCUT2D eigenvalue weighted by Crippen LogP contribution is 2.41. The molecule has 3 nitrogen and oxygen atoms in total. The van der Waals surface area contributed by atoms with Crippen LogP contribution in [0.1, 0.15) is 11.7 Å². The Labute approximate surface area is 255 Å². The smallest absolute Gasteiger partial charge is 0.143 e. The van der Waals surface area contributed by atoms with Gasteiger partial charge in [0, 0.05) is 16.2 Å². The van der Waals surface area contributed by atoms with Crippen LogP contribution in [-0.2, 0) is 0 Å². The summed E-state index contributed by atoms with van der Waals surface area (Å²) in [4.78, 5) is 0. The summed E-state index contributed by atoms with van der Waals surface area (Å²) in [5, 5.41) is 11.9. The van der Waals surface area contributed by atoms with Crippen molar-refractivity contribution in [3.63, 3.8) is 0 Å². The van der Waals surface area contributed by atoms with E-state index in [-0.39, 0.29) is 6.17 Å². The van der Waals surface area contributed by atoms with Crippen LogP contribution in [0.3, 0.4) is 0 Å². The van der Waals surface area contributed by atoms with E-state index in [1.54, 1.807) is 0 Å². The molecule has 0 fully saturated rings. The van der Waals surface area contributed by atoms with Crippen LogP contribution in [0, 0.1) is 0 Å². The highest BCUT2D eigenvalue weighted by molar-refractivity contribution is 6.19. The van der Waals surface area contributed by atoms with Gasteiger partial charge in [0.05, 0.1) is 11.4 Å². The van der Waals surface area contributed by atoms with Gasteiger partial charge in [0.15, 0.2) is 0 Å². The van der Waals surface area contributed by atoms with Crippen molar-refractivity contribution in [3.8, 4) is 33.4 Å². The zero-order valence-electron chi connectivity index (χ0n) is 23.9. The van der Waals surface area contributed by atoms with Crippen LogP contribution in [0.4, 0.5) is 11.4 Å². The maximum atomic E-state index is 6.31. The molecule has 1 aromatic heterocycles. The predicted molar refractivity (Wildman–Crippen MR) is 184 cm³/mol. The molecule has 9 rings (SSSR count). The van der Waals surface area contributed by atoms with Crippen molar-refractivity contribution < 1.29 is 4.42 Å². The fourth-order valence-corrected chi connectivity index (χ4v) is 6.61. The van der Waals surface area contributed by atoms with E-state index in [0.29, 0.717) is 0 Å². The van der Waals surface area contributed by atoms with Crippen LogP contribution < -0.4 is 10.6 Å². The summed E-state index contributed by atoms with van der Waals surface area (Å²) in [5.41, 5.74) is 12.6. The third-order valence-electron chi connectivity index (χ3n) is 8.88. The molecule has 1 aliphatic rings. The fraction of sp³-hybridized carbons (Fsp3) is 0.0244. The highest BCUT2D eigenvalue weighted by Gasteiger charge is 2.21. The molecule has 2 N–H and O–H groups in total. The molecule has 0 amide bonds. The molecule has 7 aromatic carbocycles. The molecule has 0 saturated heterocycles. The summed E-state index contributed by atoms with van der Waals surface area (Å²) >= 11 is 0. The SMILES string of the molecule is c1ccc(C2Nc3ccc(-c4ccc(-c5ccc(-c6cc7c8ccccc8oc7c7ccccc67)cc5)cc4)cc3N2)cc1. The summed E-state index contributed by atoms with van der Waals surface area (Å²) in [6.07, 6.45) is 0.0886. The van der Waals surface area contributed by atoms with Crippen molar-refractivity contribution in [2.45, 2.75) is 6.17 Å². The number of fused-ring (bicyclic) bond motifs is 6. The molecule has 2 heterocycles. The average Bonchev–Trinajstić information content (AvgIpc) is 3.70. The van der Waals surface area contributed by atoms with Crippen molar-refractivity contribution in [2.75, 3.05) is 10.6 Å². The highest BCUT2D eigenvalue weighted by atomic mass is 16.3. The summed E-state index contributed by atoms with van der Waals surface area (Å²) in [6.45, 7) is 0. The maximum absolute atomic E-state index is 6.31. The number of hydrogen-bond acceptors (Lipinski definition) is 3. The van der Waals surface area contributed by atoms with Gasteiger partial charge in [0.25, 0.3) is 0 Å². The Balaban J connectivity index is 1.01. The molecular formula is C41H28N2O. The summed E-state index contributed by atoms with van der Waals surface area (Å²) in [6, 6.07) is 54.0. The first-order chi connectivity index (χ1) is 21.8. The first kappa shape index (κ1) is 24.8. The number of nitrogens with one attached hydrogen (secondary N) is 2. The molecule has 0 saturated carbocycles. The zero-order chi connectivity index (χ0) is 29.0. The maximum Gasteiger partial charge on any atom is 0.143 e. The van der Waals surface area contributed by atoms with Crippen molar-refractivity contribution in [1.29, 1.82) is 0 Å². The largest absolute Gasteiger partial charge is 0.455 e. The van der Waals surface area contributed by atoms with Crippen LogP contribution in [-0.4, -0.2) is 0 Å². The standard InChI is InChI=1S/C41H28N2O/c1-2-8-30(9-3-1)41-42-37-23-22-31(24-38(37)43-41)28-16-14-26(15-17-28)27-18-20-29(21-19-27)35-25-36-33-11-6-7-13-39(33)44-40(36)34-12-5-4-10-32(34)35/h1-25,41-43H. The molecule has 0 bridgehead atoms. The lowest BCUT2D eigenvalue weighted by molar-refractivity contribution is 0.672. The number of rotatable bonds is 4. The Kier molecular flexibility index (Phi) is 5.57. The zero-order valence-corrected chi connectivity index (χ0v) is 23.9. The van der Waals surface area contributed by atoms with E-state index >= 15 is 0 Å².